The number of carbonyl (C=O) groups is 1. The summed E-state index contributed by atoms with van der Waals surface area (Å²) in [4.78, 5) is 11.8. The highest BCUT2D eigenvalue weighted by Gasteiger charge is 2.48. The van der Waals surface area contributed by atoms with E-state index in [1.165, 1.54) is 0 Å². The van der Waals surface area contributed by atoms with Gasteiger partial charge in [-0.2, -0.15) is 0 Å². The van der Waals surface area contributed by atoms with Gasteiger partial charge in [-0.3, -0.25) is 0 Å². The first kappa shape index (κ1) is 15.5. The fraction of sp³-hybridized carbons (Fsp3) is 0.438. The molecule has 2 rings (SSSR count). The van der Waals surface area contributed by atoms with Crippen LogP contribution in [0.15, 0.2) is 24.8 Å². The van der Waals surface area contributed by atoms with E-state index < -0.39 is 30.1 Å². The van der Waals surface area contributed by atoms with Gasteiger partial charge < -0.3 is 10.1 Å². The fourth-order valence-electron chi connectivity index (χ4n) is 2.38. The maximum absolute atomic E-state index is 14.1. The highest BCUT2D eigenvalue weighted by atomic mass is 19.3. The molecule has 0 bridgehead atoms. The second kappa shape index (κ2) is 5.13. The van der Waals surface area contributed by atoms with Gasteiger partial charge in [-0.1, -0.05) is 30.9 Å². The lowest BCUT2D eigenvalue weighted by molar-refractivity contribution is -0.0304. The predicted molar refractivity (Wildman–Crippen MR) is 77.3 cm³/mol. The Morgan fingerprint density at radius 3 is 2.71 bits per heavy atom. The lowest BCUT2D eigenvalue weighted by atomic mass is 10.0. The van der Waals surface area contributed by atoms with Gasteiger partial charge in [0.25, 0.3) is 5.92 Å². The van der Waals surface area contributed by atoms with E-state index in [1.54, 1.807) is 45.0 Å². The van der Waals surface area contributed by atoms with Gasteiger partial charge in [-0.25, -0.2) is 13.6 Å². The van der Waals surface area contributed by atoms with E-state index in [-0.39, 0.29) is 0 Å². The Labute approximate surface area is 123 Å². The van der Waals surface area contributed by atoms with Crippen molar-refractivity contribution in [1.29, 1.82) is 0 Å². The molecule has 0 unspecified atom stereocenters. The monoisotopic (exact) mass is 295 g/mol. The third-order valence-corrected chi connectivity index (χ3v) is 3.22. The third kappa shape index (κ3) is 3.40. The minimum Gasteiger partial charge on any atom is -0.444 e. The van der Waals surface area contributed by atoms with Gasteiger partial charge in [0.15, 0.2) is 0 Å². The number of benzene rings is 1. The number of halogens is 2. The first-order chi connectivity index (χ1) is 9.62. The largest absolute Gasteiger partial charge is 0.444 e. The van der Waals surface area contributed by atoms with Crippen molar-refractivity contribution < 1.29 is 18.3 Å². The molecule has 21 heavy (non-hydrogen) atoms. The molecule has 1 N–H and O–H groups in total. The van der Waals surface area contributed by atoms with Crippen LogP contribution in [0.1, 0.15) is 43.5 Å². The zero-order chi connectivity index (χ0) is 15.8. The lowest BCUT2D eigenvalue weighted by Gasteiger charge is -2.25. The van der Waals surface area contributed by atoms with E-state index in [9.17, 15) is 13.6 Å². The van der Waals surface area contributed by atoms with Crippen LogP contribution in [0.3, 0.4) is 0 Å². The van der Waals surface area contributed by atoms with Gasteiger partial charge in [0.2, 0.25) is 0 Å². The third-order valence-electron chi connectivity index (χ3n) is 3.22. The summed E-state index contributed by atoms with van der Waals surface area (Å²) in [5.41, 5.74) is 1.01. The van der Waals surface area contributed by atoms with Crippen molar-refractivity contribution in [1.82, 2.24) is 5.32 Å². The molecule has 0 radical (unpaired) electrons. The molecule has 0 saturated carbocycles. The average Bonchev–Trinajstić information content (AvgIpc) is 2.57. The van der Waals surface area contributed by atoms with E-state index in [2.05, 4.69) is 11.9 Å². The Hall–Kier alpha value is -1.91. The van der Waals surface area contributed by atoms with E-state index in [0.29, 0.717) is 11.1 Å². The molecular weight excluding hydrogens is 276 g/mol. The first-order valence-electron chi connectivity index (χ1n) is 6.75. The van der Waals surface area contributed by atoms with Crippen LogP contribution in [0.4, 0.5) is 13.6 Å². The first-order valence-corrected chi connectivity index (χ1v) is 6.75. The molecule has 0 heterocycles. The normalized spacial score (nSPS) is 19.8. The molecule has 0 fully saturated rings. The van der Waals surface area contributed by atoms with Crippen molar-refractivity contribution in [3.63, 3.8) is 0 Å². The number of fused-ring (bicyclic) bond motifs is 1. The maximum Gasteiger partial charge on any atom is 0.408 e. The van der Waals surface area contributed by atoms with Crippen LogP contribution < -0.4 is 5.32 Å². The molecule has 3 nitrogen and oxygen atoms in total. The Morgan fingerprint density at radius 1 is 1.48 bits per heavy atom. The molecule has 0 saturated heterocycles. The van der Waals surface area contributed by atoms with Crippen LogP contribution in [0.25, 0.3) is 6.08 Å². The summed E-state index contributed by atoms with van der Waals surface area (Å²) in [7, 11) is 0. The molecule has 1 amide bonds. The quantitative estimate of drug-likeness (QED) is 0.892. The Balaban J connectivity index is 2.24. The molecule has 1 aliphatic carbocycles. The van der Waals surface area contributed by atoms with Crippen molar-refractivity contribution in [2.45, 2.75) is 44.8 Å². The second-order valence-electron chi connectivity index (χ2n) is 6.18. The molecule has 0 aromatic heterocycles. The Bertz CT molecular complexity index is 576. The van der Waals surface area contributed by atoms with Crippen LogP contribution in [0.5, 0.6) is 0 Å². The summed E-state index contributed by atoms with van der Waals surface area (Å²) in [5, 5.41) is 2.28. The molecular formula is C16H19F2NO2. The van der Waals surface area contributed by atoms with Crippen molar-refractivity contribution in [3.8, 4) is 0 Å². The van der Waals surface area contributed by atoms with E-state index in [0.717, 1.165) is 5.56 Å². The number of ether oxygens (including phenoxy) is 1. The summed E-state index contributed by atoms with van der Waals surface area (Å²) in [6, 6.07) is 3.63. The van der Waals surface area contributed by atoms with Crippen LogP contribution in [-0.4, -0.2) is 17.6 Å². The number of amides is 1. The molecule has 1 aliphatic rings. The number of hydrogen-bond acceptors (Lipinski definition) is 2. The minimum atomic E-state index is -3.03. The number of alkyl carbamates (subject to hydrolysis) is 1. The highest BCUT2D eigenvalue weighted by molar-refractivity contribution is 5.69. The van der Waals surface area contributed by atoms with Gasteiger partial charge in [-0.15, -0.1) is 0 Å². The molecule has 114 valence electrons. The number of nitrogens with one attached hydrogen (secondary N) is 1. The predicted octanol–water partition coefficient (Wildman–Crippen LogP) is 4.09. The summed E-state index contributed by atoms with van der Waals surface area (Å²) in [6.07, 6.45) is 0.366. The average molecular weight is 295 g/mol. The molecule has 1 aromatic carbocycles. The van der Waals surface area contributed by atoms with Crippen LogP contribution in [-0.2, 0) is 11.2 Å². The van der Waals surface area contributed by atoms with E-state index in [4.69, 9.17) is 4.74 Å². The summed E-state index contributed by atoms with van der Waals surface area (Å²) in [5.74, 6) is -3.03. The van der Waals surface area contributed by atoms with Gasteiger partial charge >= 0.3 is 6.09 Å². The van der Waals surface area contributed by atoms with Crippen molar-refractivity contribution in [2.75, 3.05) is 0 Å². The smallest absolute Gasteiger partial charge is 0.408 e. The second-order valence-corrected chi connectivity index (χ2v) is 6.18. The number of carbonyl (C=O) groups excluding carboxylic acids is 1. The maximum atomic E-state index is 14.1. The number of alkyl halides is 2. The highest BCUT2D eigenvalue weighted by Crippen LogP contribution is 2.43. The zero-order valence-corrected chi connectivity index (χ0v) is 12.4. The van der Waals surface area contributed by atoms with E-state index >= 15 is 0 Å². The van der Waals surface area contributed by atoms with Gasteiger partial charge in [0.05, 0.1) is 0 Å². The van der Waals surface area contributed by atoms with Crippen LogP contribution in [0.2, 0.25) is 0 Å². The lowest BCUT2D eigenvalue weighted by Crippen LogP contribution is -2.40. The van der Waals surface area contributed by atoms with E-state index in [1.807, 2.05) is 0 Å². The van der Waals surface area contributed by atoms with Gasteiger partial charge in [0.1, 0.15) is 11.6 Å². The van der Waals surface area contributed by atoms with Gasteiger partial charge in [0, 0.05) is 6.42 Å². The van der Waals surface area contributed by atoms with Gasteiger partial charge in [-0.05, 0) is 37.5 Å². The molecule has 0 aliphatic heterocycles. The number of rotatable bonds is 2. The minimum absolute atomic E-state index is 0.398. The zero-order valence-electron chi connectivity index (χ0n) is 12.4. The summed E-state index contributed by atoms with van der Waals surface area (Å²) in [6.45, 7) is 8.68. The molecule has 1 aromatic rings. The summed E-state index contributed by atoms with van der Waals surface area (Å²) < 4.78 is 33.3. The standard InChI is InChI=1S/C16H19F2NO2/c1-5-10-6-7-12-11(8-10)9-16(17,18)13(12)19-14(20)21-15(2,3)4/h5-8,13H,1,9H2,2-4H3,(H,19,20)/t13-/m1/s1. The van der Waals surface area contributed by atoms with Crippen molar-refractivity contribution in [3.05, 3.63) is 41.5 Å². The molecule has 1 atom stereocenters. The van der Waals surface area contributed by atoms with Crippen molar-refractivity contribution in [2.24, 2.45) is 0 Å². The number of hydrogen-bond donors (Lipinski definition) is 1. The van der Waals surface area contributed by atoms with Crippen LogP contribution >= 0.6 is 0 Å². The van der Waals surface area contributed by atoms with Crippen LogP contribution in [0, 0.1) is 0 Å². The molecule has 0 spiro atoms. The fourth-order valence-corrected chi connectivity index (χ4v) is 2.38. The topological polar surface area (TPSA) is 38.3 Å². The van der Waals surface area contributed by atoms with Crippen molar-refractivity contribution >= 4 is 12.2 Å². The molecule has 5 heteroatoms. The SMILES string of the molecule is C=Cc1ccc2c(c1)CC(F)(F)[C@@H]2NC(=O)OC(C)(C)C. The summed E-state index contributed by atoms with van der Waals surface area (Å²) >= 11 is 0. The Kier molecular flexibility index (Phi) is 3.78. The Morgan fingerprint density at radius 2 is 2.14 bits per heavy atom.